The average Bonchev–Trinajstić information content (AvgIpc) is 2.83. The number of anilines is 1. The second-order valence-corrected chi connectivity index (χ2v) is 10.9. The molecule has 35 heavy (non-hydrogen) atoms. The SMILES string of the molecule is [2H]C([2H])([2H])C1CNc2c(cccc2S(=O)(=O)N[C@@H](CCCN=C(N)N)C(=O)N2CC[C@@H](C)C[C@H]2C(=O)O)C1. The van der Waals surface area contributed by atoms with Crippen LogP contribution in [-0.4, -0.2) is 68.0 Å². The van der Waals surface area contributed by atoms with Gasteiger partial charge in [-0.25, -0.2) is 13.2 Å². The molecule has 12 heteroatoms. The lowest BCUT2D eigenvalue weighted by atomic mass is 9.91. The Balaban J connectivity index is 1.89. The number of aliphatic imine (C=N–C) groups is 1. The molecule has 0 aliphatic carbocycles. The van der Waals surface area contributed by atoms with Crippen molar-refractivity contribution in [1.82, 2.24) is 9.62 Å². The third-order valence-corrected chi connectivity index (χ3v) is 7.88. The quantitative estimate of drug-likeness (QED) is 0.182. The van der Waals surface area contributed by atoms with Gasteiger partial charge in [-0.15, -0.1) is 0 Å². The fourth-order valence-electron chi connectivity index (χ4n) is 4.56. The van der Waals surface area contributed by atoms with E-state index in [-0.39, 0.29) is 62.1 Å². The zero-order valence-electron chi connectivity index (χ0n) is 22.7. The van der Waals surface area contributed by atoms with E-state index in [1.54, 1.807) is 6.07 Å². The van der Waals surface area contributed by atoms with E-state index in [0.717, 1.165) is 0 Å². The van der Waals surface area contributed by atoms with E-state index in [1.807, 2.05) is 6.92 Å². The molecule has 1 fully saturated rings. The van der Waals surface area contributed by atoms with Gasteiger partial charge in [0.05, 0.1) is 5.69 Å². The number of nitrogens with one attached hydrogen (secondary N) is 2. The first-order valence-electron chi connectivity index (χ1n) is 13.2. The van der Waals surface area contributed by atoms with Crippen LogP contribution in [0.25, 0.3) is 0 Å². The fraction of sp³-hybridized carbons (Fsp3) is 0.609. The van der Waals surface area contributed by atoms with E-state index in [0.29, 0.717) is 17.7 Å². The number of amides is 1. The molecule has 0 radical (unpaired) electrons. The van der Waals surface area contributed by atoms with Crippen LogP contribution in [-0.2, 0) is 26.0 Å². The minimum Gasteiger partial charge on any atom is -0.480 e. The van der Waals surface area contributed by atoms with Crippen molar-refractivity contribution in [1.29, 1.82) is 0 Å². The first-order chi connectivity index (χ1) is 17.7. The molecule has 1 amide bonds. The number of carbonyl (C=O) groups excluding carboxylic acids is 1. The molecule has 0 aromatic heterocycles. The maximum Gasteiger partial charge on any atom is 0.326 e. The number of guanidine groups is 1. The summed E-state index contributed by atoms with van der Waals surface area (Å²) in [7, 11) is -4.27. The van der Waals surface area contributed by atoms with Gasteiger partial charge in [-0.2, -0.15) is 4.72 Å². The molecule has 11 nitrogen and oxygen atoms in total. The molecule has 3 rings (SSSR count). The third-order valence-electron chi connectivity index (χ3n) is 6.37. The van der Waals surface area contributed by atoms with Crippen LogP contribution in [0.15, 0.2) is 28.1 Å². The van der Waals surface area contributed by atoms with Crippen molar-refractivity contribution >= 4 is 33.5 Å². The number of carboxylic acids is 1. The Morgan fingerprint density at radius 2 is 2.14 bits per heavy atom. The molecule has 0 spiro atoms. The van der Waals surface area contributed by atoms with Crippen LogP contribution in [0, 0.1) is 11.8 Å². The highest BCUT2D eigenvalue weighted by Crippen LogP contribution is 2.31. The van der Waals surface area contributed by atoms with Gasteiger partial charge in [0.2, 0.25) is 15.9 Å². The number of likely N-dealkylation sites (tertiary alicyclic amines) is 1. The highest BCUT2D eigenvalue weighted by atomic mass is 32.2. The maximum absolute atomic E-state index is 13.6. The summed E-state index contributed by atoms with van der Waals surface area (Å²) in [6.45, 7) is 0.143. The molecule has 194 valence electrons. The molecule has 2 aliphatic heterocycles. The van der Waals surface area contributed by atoms with E-state index in [9.17, 15) is 23.1 Å². The number of sulfonamides is 1. The summed E-state index contributed by atoms with van der Waals surface area (Å²) >= 11 is 0. The Morgan fingerprint density at radius 3 is 2.83 bits per heavy atom. The number of nitrogens with zero attached hydrogens (tertiary/aromatic N) is 2. The Labute approximate surface area is 210 Å². The largest absolute Gasteiger partial charge is 0.480 e. The average molecular weight is 512 g/mol. The van der Waals surface area contributed by atoms with Gasteiger partial charge >= 0.3 is 5.97 Å². The van der Waals surface area contributed by atoms with Crippen LogP contribution in [0.1, 0.15) is 49.1 Å². The van der Waals surface area contributed by atoms with E-state index in [2.05, 4.69) is 15.0 Å². The number of aliphatic carboxylic acids is 1. The molecule has 2 aliphatic rings. The van der Waals surface area contributed by atoms with Gasteiger partial charge in [-0.3, -0.25) is 9.79 Å². The van der Waals surface area contributed by atoms with Gasteiger partial charge in [0.25, 0.3) is 0 Å². The lowest BCUT2D eigenvalue weighted by Gasteiger charge is -2.38. The third kappa shape index (κ3) is 6.63. The minimum absolute atomic E-state index is 0.0385. The molecule has 0 saturated carbocycles. The lowest BCUT2D eigenvalue weighted by molar-refractivity contribution is -0.153. The highest BCUT2D eigenvalue weighted by molar-refractivity contribution is 7.89. The molecule has 1 aromatic rings. The van der Waals surface area contributed by atoms with Crippen molar-refractivity contribution in [2.75, 3.05) is 25.0 Å². The summed E-state index contributed by atoms with van der Waals surface area (Å²) in [5.41, 5.74) is 11.6. The summed E-state index contributed by atoms with van der Waals surface area (Å²) in [5, 5.41) is 12.7. The van der Waals surface area contributed by atoms with Crippen molar-refractivity contribution < 1.29 is 27.2 Å². The lowest BCUT2D eigenvalue weighted by Crippen LogP contribution is -2.56. The molecule has 4 atom stereocenters. The fourth-order valence-corrected chi connectivity index (χ4v) is 6.01. The van der Waals surface area contributed by atoms with E-state index < -0.39 is 46.8 Å². The van der Waals surface area contributed by atoms with Gasteiger partial charge in [0.15, 0.2) is 5.96 Å². The first kappa shape index (κ1) is 22.6. The number of benzene rings is 1. The number of hydrogen-bond acceptors (Lipinski definition) is 6. The van der Waals surface area contributed by atoms with Crippen molar-refractivity contribution in [3.63, 3.8) is 0 Å². The van der Waals surface area contributed by atoms with Crippen LogP contribution in [0.4, 0.5) is 5.69 Å². The summed E-state index contributed by atoms with van der Waals surface area (Å²) < 4.78 is 52.7. The van der Waals surface area contributed by atoms with Gasteiger partial charge in [-0.05, 0) is 55.6 Å². The zero-order valence-corrected chi connectivity index (χ0v) is 20.6. The number of carboxylic acid groups (broad SMARTS) is 1. The Morgan fingerprint density at radius 1 is 1.37 bits per heavy atom. The second-order valence-electron chi connectivity index (χ2n) is 9.21. The number of carbonyl (C=O) groups is 2. The normalized spacial score (nSPS) is 24.7. The standard InChI is InChI=1S/C23H36N6O5S/c1-14-8-10-29(18(12-14)22(31)32)21(30)17(6-4-9-26-23(24)25)28-35(33,34)19-7-3-5-16-11-15(2)13-27-20(16)19/h3,5,7,14-15,17-18,27-28H,4,6,8-13H2,1-2H3,(H,31,32)(H4,24,25,26)/t14-,15?,17+,18+/m1/s1/i2D3. The van der Waals surface area contributed by atoms with Crippen molar-refractivity contribution in [3.05, 3.63) is 23.8 Å². The molecule has 1 aromatic carbocycles. The number of para-hydroxylation sites is 1. The molecule has 0 bridgehead atoms. The number of rotatable bonds is 9. The smallest absolute Gasteiger partial charge is 0.326 e. The van der Waals surface area contributed by atoms with E-state index in [1.165, 1.54) is 17.0 Å². The topological polar surface area (TPSA) is 180 Å². The number of nitrogens with two attached hydrogens (primary N) is 2. The second kappa shape index (κ2) is 11.3. The number of fused-ring (bicyclic) bond motifs is 1. The van der Waals surface area contributed by atoms with Gasteiger partial charge in [-0.1, -0.05) is 25.9 Å². The van der Waals surface area contributed by atoms with Crippen LogP contribution < -0.4 is 21.5 Å². The van der Waals surface area contributed by atoms with Gasteiger partial charge < -0.3 is 26.8 Å². The van der Waals surface area contributed by atoms with E-state index in [4.69, 9.17) is 15.6 Å². The molecular weight excluding hydrogens is 472 g/mol. The van der Waals surface area contributed by atoms with Crippen LogP contribution in [0.5, 0.6) is 0 Å². The highest BCUT2D eigenvalue weighted by Gasteiger charge is 2.39. The molecule has 2 heterocycles. The van der Waals surface area contributed by atoms with Crippen molar-refractivity contribution in [2.24, 2.45) is 28.3 Å². The van der Waals surface area contributed by atoms with Crippen LogP contribution >= 0.6 is 0 Å². The zero-order chi connectivity index (χ0) is 28.3. The number of hydrogen-bond donors (Lipinski definition) is 5. The van der Waals surface area contributed by atoms with Gasteiger partial charge in [0.1, 0.15) is 17.0 Å². The molecule has 1 unspecified atom stereocenters. The molecular formula is C23H36N6O5S. The minimum atomic E-state index is -4.27. The summed E-state index contributed by atoms with van der Waals surface area (Å²) in [6, 6.07) is 2.27. The van der Waals surface area contributed by atoms with Crippen molar-refractivity contribution in [2.45, 2.75) is 62.9 Å². The predicted octanol–water partition coefficient (Wildman–Crippen LogP) is 0.703. The first-order valence-corrected chi connectivity index (χ1v) is 13.2. The Kier molecular flexibility index (Phi) is 7.26. The summed E-state index contributed by atoms with van der Waals surface area (Å²) in [6.07, 6.45) is 1.36. The Bertz CT molecular complexity index is 1170. The number of piperidine rings is 1. The predicted molar refractivity (Wildman–Crippen MR) is 133 cm³/mol. The summed E-state index contributed by atoms with van der Waals surface area (Å²) in [4.78, 5) is 30.5. The monoisotopic (exact) mass is 511 g/mol. The molecule has 1 saturated heterocycles. The van der Waals surface area contributed by atoms with Crippen LogP contribution in [0.3, 0.4) is 0 Å². The molecule has 7 N–H and O–H groups in total. The Hall–Kier alpha value is -2.86. The van der Waals surface area contributed by atoms with Gasteiger partial charge in [0, 0.05) is 23.7 Å². The summed E-state index contributed by atoms with van der Waals surface area (Å²) in [5.74, 6) is -2.46. The van der Waals surface area contributed by atoms with Crippen molar-refractivity contribution in [3.8, 4) is 0 Å². The maximum atomic E-state index is 13.6. The van der Waals surface area contributed by atoms with E-state index >= 15 is 0 Å². The van der Waals surface area contributed by atoms with Crippen LogP contribution in [0.2, 0.25) is 0 Å².